The smallest absolute Gasteiger partial charge is 0.379 e. The van der Waals surface area contributed by atoms with Crippen LogP contribution >= 0.6 is 11.6 Å². The molecule has 1 aromatic heterocycles. The zero-order valence-corrected chi connectivity index (χ0v) is 15.1. The normalized spacial score (nSPS) is 14.7. The molecule has 0 saturated heterocycles. The number of aliphatic imine (C=N–C) groups is 1. The molecule has 0 saturated carbocycles. The van der Waals surface area contributed by atoms with E-state index in [4.69, 9.17) is 25.5 Å². The maximum atomic E-state index is 12.2. The molecule has 1 aliphatic rings. The average Bonchev–Trinajstić information content (AvgIpc) is 3.35. The van der Waals surface area contributed by atoms with Crippen LogP contribution < -0.4 is 4.74 Å². The van der Waals surface area contributed by atoms with Crippen molar-refractivity contribution in [3.8, 4) is 5.75 Å². The Balaban J connectivity index is 1.62. The van der Waals surface area contributed by atoms with Gasteiger partial charge in [0.15, 0.2) is 5.70 Å². The molecule has 2 heterocycles. The molecule has 28 heavy (non-hydrogen) atoms. The van der Waals surface area contributed by atoms with Crippen LogP contribution in [0.3, 0.4) is 0 Å². The summed E-state index contributed by atoms with van der Waals surface area (Å²) in [5.41, 5.74) is 1.21. The minimum Gasteiger partial charge on any atom is -0.457 e. The van der Waals surface area contributed by atoms with Gasteiger partial charge in [-0.2, -0.15) is 0 Å². The van der Waals surface area contributed by atoms with Gasteiger partial charge in [-0.05, 0) is 48.5 Å². The van der Waals surface area contributed by atoms with Crippen LogP contribution in [0.25, 0.3) is 6.08 Å². The van der Waals surface area contributed by atoms with Gasteiger partial charge in [0.25, 0.3) is 0 Å². The number of para-hydroxylation sites is 1. The molecular formula is C21H12ClNO5. The van der Waals surface area contributed by atoms with Crippen molar-refractivity contribution in [2.75, 3.05) is 0 Å². The molecule has 0 atom stereocenters. The van der Waals surface area contributed by atoms with Gasteiger partial charge < -0.3 is 13.9 Å². The molecule has 2 aromatic carbocycles. The third-order valence-electron chi connectivity index (χ3n) is 3.85. The molecule has 0 N–H and O–H groups in total. The van der Waals surface area contributed by atoms with Crippen LogP contribution in [0.4, 0.5) is 0 Å². The SMILES string of the molecule is O=C1OC(c2ccc(Cl)cc2)=N/C1=C\c1ccccc1OC(=O)c1ccco1. The summed E-state index contributed by atoms with van der Waals surface area (Å²) in [6.07, 6.45) is 2.88. The Bertz CT molecular complexity index is 1100. The number of carbonyl (C=O) groups excluding carboxylic acids is 2. The van der Waals surface area contributed by atoms with Gasteiger partial charge in [0.1, 0.15) is 5.75 Å². The molecule has 0 radical (unpaired) electrons. The van der Waals surface area contributed by atoms with Crippen molar-refractivity contribution in [2.24, 2.45) is 4.99 Å². The first-order chi connectivity index (χ1) is 13.6. The summed E-state index contributed by atoms with van der Waals surface area (Å²) in [6, 6.07) is 16.6. The number of hydrogen-bond acceptors (Lipinski definition) is 6. The van der Waals surface area contributed by atoms with E-state index < -0.39 is 11.9 Å². The van der Waals surface area contributed by atoms with Gasteiger partial charge in [0, 0.05) is 16.1 Å². The fourth-order valence-corrected chi connectivity index (χ4v) is 2.64. The second-order valence-corrected chi connectivity index (χ2v) is 6.18. The molecule has 0 amide bonds. The van der Waals surface area contributed by atoms with Crippen molar-refractivity contribution in [1.29, 1.82) is 0 Å². The predicted molar refractivity (Wildman–Crippen MR) is 102 cm³/mol. The van der Waals surface area contributed by atoms with E-state index in [1.165, 1.54) is 18.4 Å². The lowest BCUT2D eigenvalue weighted by Gasteiger charge is -2.06. The van der Waals surface area contributed by atoms with Crippen molar-refractivity contribution >= 4 is 35.5 Å². The number of nitrogens with zero attached hydrogens (tertiary/aromatic N) is 1. The van der Waals surface area contributed by atoms with Crippen molar-refractivity contribution < 1.29 is 23.5 Å². The van der Waals surface area contributed by atoms with Gasteiger partial charge in [-0.25, -0.2) is 14.6 Å². The molecule has 0 unspecified atom stereocenters. The number of halogens is 1. The minimum absolute atomic E-state index is 0.0748. The summed E-state index contributed by atoms with van der Waals surface area (Å²) in [7, 11) is 0. The fraction of sp³-hybridized carbons (Fsp3) is 0. The maximum absolute atomic E-state index is 12.2. The van der Waals surface area contributed by atoms with E-state index in [9.17, 15) is 9.59 Å². The zero-order chi connectivity index (χ0) is 19.5. The Morgan fingerprint density at radius 1 is 1.04 bits per heavy atom. The third kappa shape index (κ3) is 3.72. The van der Waals surface area contributed by atoms with Crippen molar-refractivity contribution in [2.45, 2.75) is 0 Å². The third-order valence-corrected chi connectivity index (χ3v) is 4.10. The Labute approximate surface area is 164 Å². The molecular weight excluding hydrogens is 382 g/mol. The Morgan fingerprint density at radius 3 is 2.57 bits per heavy atom. The van der Waals surface area contributed by atoms with Gasteiger partial charge >= 0.3 is 11.9 Å². The quantitative estimate of drug-likeness (QED) is 0.370. The van der Waals surface area contributed by atoms with Crippen molar-refractivity contribution in [3.05, 3.63) is 94.5 Å². The van der Waals surface area contributed by atoms with Crippen LogP contribution in [0, 0.1) is 0 Å². The topological polar surface area (TPSA) is 78.1 Å². The monoisotopic (exact) mass is 393 g/mol. The number of carbonyl (C=O) groups is 2. The first-order valence-corrected chi connectivity index (χ1v) is 8.61. The molecule has 138 valence electrons. The van der Waals surface area contributed by atoms with Gasteiger partial charge in [-0.15, -0.1) is 0 Å². The number of benzene rings is 2. The highest BCUT2D eigenvalue weighted by molar-refractivity contribution is 6.30. The molecule has 3 aromatic rings. The van der Waals surface area contributed by atoms with E-state index >= 15 is 0 Å². The number of rotatable bonds is 4. The lowest BCUT2D eigenvalue weighted by atomic mass is 10.1. The summed E-state index contributed by atoms with van der Waals surface area (Å²) in [5.74, 6) is -0.726. The van der Waals surface area contributed by atoms with E-state index in [0.717, 1.165) is 0 Å². The lowest BCUT2D eigenvalue weighted by Crippen LogP contribution is -2.08. The fourth-order valence-electron chi connectivity index (χ4n) is 2.51. The first-order valence-electron chi connectivity index (χ1n) is 8.23. The second kappa shape index (κ2) is 7.54. The van der Waals surface area contributed by atoms with Crippen LogP contribution in [-0.2, 0) is 9.53 Å². The maximum Gasteiger partial charge on any atom is 0.379 e. The minimum atomic E-state index is -0.643. The van der Waals surface area contributed by atoms with Crippen LogP contribution in [0.1, 0.15) is 21.7 Å². The molecule has 4 rings (SSSR count). The summed E-state index contributed by atoms with van der Waals surface area (Å²) in [5, 5.41) is 0.566. The van der Waals surface area contributed by atoms with Crippen molar-refractivity contribution in [1.82, 2.24) is 0 Å². The molecule has 0 bridgehead atoms. The average molecular weight is 394 g/mol. The van der Waals surface area contributed by atoms with Crippen LogP contribution in [0.2, 0.25) is 5.02 Å². The molecule has 0 spiro atoms. The van der Waals surface area contributed by atoms with Gasteiger partial charge in [0.05, 0.1) is 6.26 Å². The van der Waals surface area contributed by atoms with Gasteiger partial charge in [-0.3, -0.25) is 0 Å². The van der Waals surface area contributed by atoms with Crippen LogP contribution in [-0.4, -0.2) is 17.8 Å². The number of esters is 2. The molecule has 0 fully saturated rings. The summed E-state index contributed by atoms with van der Waals surface area (Å²) < 4.78 is 15.6. The Morgan fingerprint density at radius 2 is 1.82 bits per heavy atom. The first kappa shape index (κ1) is 17.8. The van der Waals surface area contributed by atoms with Gasteiger partial charge in [-0.1, -0.05) is 29.8 Å². The lowest BCUT2D eigenvalue weighted by molar-refractivity contribution is -0.129. The summed E-state index contributed by atoms with van der Waals surface area (Å²) in [6.45, 7) is 0. The molecule has 0 aliphatic carbocycles. The standard InChI is InChI=1S/C21H12ClNO5/c22-15-9-7-13(8-10-15)19-23-16(20(24)28-19)12-14-4-1-2-5-17(14)27-21(25)18-6-3-11-26-18/h1-12H/b16-12-. The molecule has 6 nitrogen and oxygen atoms in total. The molecule has 1 aliphatic heterocycles. The predicted octanol–water partition coefficient (Wildman–Crippen LogP) is 4.50. The largest absolute Gasteiger partial charge is 0.457 e. The van der Waals surface area contributed by atoms with E-state index in [-0.39, 0.29) is 23.1 Å². The van der Waals surface area contributed by atoms with Crippen LogP contribution in [0.15, 0.2) is 82.0 Å². The number of ether oxygens (including phenoxy) is 2. The summed E-state index contributed by atoms with van der Waals surface area (Å²) in [4.78, 5) is 28.6. The van der Waals surface area contributed by atoms with Crippen LogP contribution in [0.5, 0.6) is 5.75 Å². The number of cyclic esters (lactones) is 1. The van der Waals surface area contributed by atoms with E-state index in [1.807, 2.05) is 0 Å². The van der Waals surface area contributed by atoms with E-state index in [1.54, 1.807) is 54.6 Å². The highest BCUT2D eigenvalue weighted by Crippen LogP contribution is 2.25. The second-order valence-electron chi connectivity index (χ2n) is 5.75. The van der Waals surface area contributed by atoms with E-state index in [0.29, 0.717) is 16.1 Å². The van der Waals surface area contributed by atoms with Gasteiger partial charge in [0.2, 0.25) is 11.7 Å². The Kier molecular flexibility index (Phi) is 4.78. The van der Waals surface area contributed by atoms with Crippen molar-refractivity contribution in [3.63, 3.8) is 0 Å². The zero-order valence-electron chi connectivity index (χ0n) is 14.3. The number of furan rings is 1. The Hall–Kier alpha value is -3.64. The van der Waals surface area contributed by atoms with E-state index in [2.05, 4.69) is 4.99 Å². The highest BCUT2D eigenvalue weighted by Gasteiger charge is 2.25. The highest BCUT2D eigenvalue weighted by atomic mass is 35.5. The number of hydrogen-bond donors (Lipinski definition) is 0. The summed E-state index contributed by atoms with van der Waals surface area (Å²) >= 11 is 5.87. The molecule has 7 heteroatoms.